The molecule has 144 heavy (non-hydrogen) atoms. The van der Waals surface area contributed by atoms with Crippen molar-refractivity contribution in [3.63, 3.8) is 0 Å². The summed E-state index contributed by atoms with van der Waals surface area (Å²) in [6, 6.07) is -1.78. The summed E-state index contributed by atoms with van der Waals surface area (Å²) in [5, 5.41) is 36.6. The number of hydrogen-bond acceptors (Lipinski definition) is 18. The quantitative estimate of drug-likeness (QED) is 0.0223. The number of nitrogens with zero attached hydrogens (tertiary/aromatic N) is 6. The zero-order valence-corrected chi connectivity index (χ0v) is 89.7. The van der Waals surface area contributed by atoms with Crippen LogP contribution in [0.1, 0.15) is 237 Å². The second-order valence-corrected chi connectivity index (χ2v) is 48.8. The zero-order chi connectivity index (χ0) is 108. The fourth-order valence-electron chi connectivity index (χ4n) is 21.0. The molecule has 6 heterocycles. The number of aromatic nitrogens is 2. The van der Waals surface area contributed by atoms with Gasteiger partial charge in [0.1, 0.15) is 36.3 Å². The molecule has 17 amide bonds. The number of piperidine rings is 3. The summed E-state index contributed by atoms with van der Waals surface area (Å²) < 4.78 is 3.07. The normalized spacial score (nSPS) is 23.2. The van der Waals surface area contributed by atoms with E-state index in [9.17, 15) is 86.3 Å². The molecule has 37 heteroatoms. The Morgan fingerprint density at radius 3 is 1.06 bits per heavy atom. The Morgan fingerprint density at radius 1 is 0.438 bits per heavy atom. The highest BCUT2D eigenvalue weighted by Crippen LogP contribution is 2.67. The lowest BCUT2D eigenvalue weighted by molar-refractivity contribution is -0.145. The van der Waals surface area contributed by atoms with Gasteiger partial charge in [-0.1, -0.05) is 235 Å². The Labute approximate surface area is 850 Å². The monoisotopic (exact) mass is 2010 g/mol. The van der Waals surface area contributed by atoms with Crippen LogP contribution in [-0.4, -0.2) is 255 Å². The first-order valence-electron chi connectivity index (χ1n) is 51.6. The van der Waals surface area contributed by atoms with Crippen LogP contribution in [0.15, 0.2) is 96.3 Å². The van der Waals surface area contributed by atoms with Crippen LogP contribution >= 0.6 is 0 Å². The van der Waals surface area contributed by atoms with Gasteiger partial charge in [-0.05, 0) is 141 Å². The number of carbonyl (C=O) groups is 16. The number of ketones is 3. The molecule has 5 aliphatic carbocycles. The van der Waals surface area contributed by atoms with Crippen molar-refractivity contribution in [2.45, 2.75) is 322 Å². The van der Waals surface area contributed by atoms with Gasteiger partial charge in [-0.2, -0.15) is 0 Å². The average Bonchev–Trinajstić information content (AvgIpc) is 1.53. The molecule has 2 aromatic heterocycles. The van der Waals surface area contributed by atoms with Crippen molar-refractivity contribution >= 4 is 94.6 Å². The SMILES string of the molecule is C=CCNC(=O)C(=O)C(CC1CC1)NC(=O)[C@@H]1[C@@H]2[C@H](CN1C(=O)[C@@H](NC(=O)N[C@@H](CC(C)C)CN1CCCNC1=O)C(C)(C)C)C2(C)C.C=CCNC(=O)C(=O)C(CC1CC1)NC(=O)[C@@H]1[C@@H]2[C@H](CN1C(=O)[C@@H](NC(=O)N[C@H](Cn1ccccc1=O)C(C)(C)C)C(C)(C)C)C2(C)C.C=CCNC(=O)C(=O)C(CCCC)NC(=O)[C@@H]1[C@@H]2[C@H](CN1C(=O)[C@@H](NC(=O)N[C@H](Cn1ccccc1=O)C(C)(C)C)C(C)(C)C)C2(C)C. The lowest BCUT2D eigenvalue weighted by atomic mass is 9.85. The van der Waals surface area contributed by atoms with E-state index in [1.54, 1.807) is 51.4 Å². The van der Waals surface area contributed by atoms with E-state index < -0.39 is 170 Å². The van der Waals surface area contributed by atoms with Crippen molar-refractivity contribution in [2.24, 2.45) is 96.6 Å². The molecule has 0 bridgehead atoms. The molecule has 0 spiro atoms. The third-order valence-electron chi connectivity index (χ3n) is 30.6. The largest absolute Gasteiger partial charge is 0.346 e. The van der Waals surface area contributed by atoms with E-state index in [2.05, 4.69) is 130 Å². The first-order chi connectivity index (χ1) is 67.0. The van der Waals surface area contributed by atoms with Crippen LogP contribution in [-0.2, 0) is 70.6 Å². The molecule has 13 N–H and O–H groups in total. The van der Waals surface area contributed by atoms with Gasteiger partial charge >= 0.3 is 24.1 Å². The lowest BCUT2D eigenvalue weighted by Gasteiger charge is -2.38. The van der Waals surface area contributed by atoms with Crippen LogP contribution in [0.3, 0.4) is 0 Å². The predicted octanol–water partition coefficient (Wildman–Crippen LogP) is 7.79. The number of fused-ring (bicyclic) bond motifs is 3. The molecule has 4 aliphatic heterocycles. The molecule has 0 radical (unpaired) electrons. The molecule has 798 valence electrons. The Kier molecular flexibility index (Phi) is 38.1. The Morgan fingerprint density at radius 2 is 0.764 bits per heavy atom. The molecule has 3 unspecified atom stereocenters. The van der Waals surface area contributed by atoms with Gasteiger partial charge in [-0.15, -0.1) is 19.7 Å². The van der Waals surface area contributed by atoms with Gasteiger partial charge in [0.25, 0.3) is 28.8 Å². The van der Waals surface area contributed by atoms with Crippen molar-refractivity contribution in [3.8, 4) is 0 Å². The number of rotatable bonds is 42. The predicted molar refractivity (Wildman–Crippen MR) is 549 cm³/mol. The third-order valence-corrected chi connectivity index (χ3v) is 30.6. The van der Waals surface area contributed by atoms with Crippen molar-refractivity contribution in [1.29, 1.82) is 0 Å². The molecule has 11 rings (SSSR count). The van der Waals surface area contributed by atoms with Crippen LogP contribution in [0.25, 0.3) is 0 Å². The maximum atomic E-state index is 14.4. The molecular formula is C107H167N19O18. The van der Waals surface area contributed by atoms with E-state index in [1.807, 2.05) is 125 Å². The average molecular weight is 2010 g/mol. The fraction of sp³-hybridized carbons (Fsp3) is 0.701. The maximum absolute atomic E-state index is 14.4. The van der Waals surface area contributed by atoms with Crippen LogP contribution in [0.5, 0.6) is 0 Å². The topological polar surface area (TPSA) is 486 Å². The van der Waals surface area contributed by atoms with Gasteiger partial charge in [0.05, 0.1) is 30.2 Å². The summed E-state index contributed by atoms with van der Waals surface area (Å²) in [5.74, 6) is -6.43. The molecule has 5 saturated carbocycles. The van der Waals surface area contributed by atoms with E-state index in [1.165, 1.54) is 44.4 Å². The minimum Gasteiger partial charge on any atom is -0.346 e. The van der Waals surface area contributed by atoms with Crippen molar-refractivity contribution in [3.05, 3.63) is 107 Å². The second kappa shape index (κ2) is 47.3. The summed E-state index contributed by atoms with van der Waals surface area (Å²) in [4.78, 5) is 247. The number of unbranched alkanes of at least 4 members (excludes halogenated alkanes) is 1. The van der Waals surface area contributed by atoms with Crippen LogP contribution in [0.4, 0.5) is 19.2 Å². The van der Waals surface area contributed by atoms with E-state index in [0.29, 0.717) is 65.0 Å². The van der Waals surface area contributed by atoms with Crippen molar-refractivity contribution in [2.75, 3.05) is 58.9 Å². The van der Waals surface area contributed by atoms with Gasteiger partial charge in [0.15, 0.2) is 0 Å². The van der Waals surface area contributed by atoms with E-state index in [0.717, 1.165) is 38.5 Å². The number of amides is 17. The van der Waals surface area contributed by atoms with E-state index in [4.69, 9.17) is 0 Å². The first kappa shape index (κ1) is 116. The number of pyridine rings is 2. The molecule has 2 aromatic rings. The minimum atomic E-state index is -1.03. The highest BCUT2D eigenvalue weighted by molar-refractivity contribution is 6.39. The van der Waals surface area contributed by atoms with Crippen LogP contribution in [0.2, 0.25) is 0 Å². The molecule has 37 nitrogen and oxygen atoms in total. The summed E-state index contributed by atoms with van der Waals surface area (Å²) in [6.45, 7) is 61.1. The summed E-state index contributed by atoms with van der Waals surface area (Å²) in [6.07, 6.45) is 15.4. The molecule has 9 fully saturated rings. The molecule has 0 aromatic carbocycles. The summed E-state index contributed by atoms with van der Waals surface area (Å²) in [7, 11) is 0. The zero-order valence-electron chi connectivity index (χ0n) is 89.7. The maximum Gasteiger partial charge on any atom is 0.317 e. The molecule has 4 saturated heterocycles. The number of nitrogens with one attached hydrogen (secondary N) is 13. The first-order valence-corrected chi connectivity index (χ1v) is 51.6. The highest BCUT2D eigenvalue weighted by atomic mass is 16.2. The lowest BCUT2D eigenvalue weighted by Crippen LogP contribution is -2.62. The number of hydrogen-bond donors (Lipinski definition) is 13. The van der Waals surface area contributed by atoms with E-state index >= 15 is 0 Å². The van der Waals surface area contributed by atoms with Crippen molar-refractivity contribution < 1.29 is 76.7 Å². The van der Waals surface area contributed by atoms with Crippen LogP contribution < -0.4 is 80.2 Å². The number of likely N-dealkylation sites (tertiary alicyclic amines) is 3. The molecule has 9 aliphatic rings. The second-order valence-electron chi connectivity index (χ2n) is 48.8. The van der Waals surface area contributed by atoms with E-state index in [-0.39, 0.29) is 144 Å². The summed E-state index contributed by atoms with van der Waals surface area (Å²) >= 11 is 0. The number of urea groups is 4. The standard InChI is InChI=1S/C36H54N6O6.C36H56N6O6.C35H57N7O6/c1-10-16-37-31(46)28(44)23(18-21-14-15-21)38-30(45)27-26-22(36(26,8)9)19-42(27)32(47)29(35(5,6)7)40-33(48)39-24(34(2,3)4)20-41-17-12-11-13-25(41)43;1-11-13-16-23(28(44)31(46)37-18-12-2)38-30(45)27-26-22(36(26,9)10)20-42(27)32(47)29(35(6,7)8)40-33(48)39-24(34(3,4)5)21-41-19-15-14-17-25(41)43;1-9-13-36-30(45)27(43)24(17-21-11-12-21)39-29(44)26-25-23(35(25,7)8)19-42(26)31(46)28(34(4,5)6)40-32(47)38-22(16-20(2)3)18-41-15-10-14-37-33(41)48/h10-13,17,21-24,26-27,29H,1,14-16,18-20H2,2-9H3,(H,37,46)(H,38,45)(H2,39,40,48);12,14-15,17,19,22-24,26-27,29H,2,11,13,16,18,20-21H2,1,3-10H3,(H,37,46)(H,38,45)(H2,39,40,48);9,20-26,28H,1,10-19H2,2-8H3,(H,36,45)(H,37,48)(H,39,44)(H2,38,40,47)/t2*22-,23?,24+,26-,27-,29+;22-,23-,24?,25-,26-,28+/m000/s1. The number of Topliss-reactive ketones (excluding diaryl/α,β-unsaturated/α-hetero) is 3. The Bertz CT molecular complexity index is 5190. The Hall–Kier alpha value is -11.6. The van der Waals surface area contributed by atoms with Crippen LogP contribution in [0, 0.1) is 96.6 Å². The fourth-order valence-corrected chi connectivity index (χ4v) is 21.0. The smallest absolute Gasteiger partial charge is 0.317 e. The van der Waals surface area contributed by atoms with Crippen molar-refractivity contribution in [1.82, 2.24) is 97.9 Å². The molecule has 18 atom stereocenters. The number of carbonyl (C=O) groups excluding carboxylic acids is 16. The molecular weight excluding hydrogens is 1840 g/mol. The Balaban J connectivity index is 0.000000241. The highest BCUT2D eigenvalue weighted by Gasteiger charge is 2.73. The van der Waals surface area contributed by atoms with Gasteiger partial charge in [-0.3, -0.25) is 67.1 Å². The minimum absolute atomic E-state index is 0.0711. The van der Waals surface area contributed by atoms with Gasteiger partial charge < -0.3 is 97.9 Å². The summed E-state index contributed by atoms with van der Waals surface area (Å²) in [5.41, 5.74) is -3.93. The third kappa shape index (κ3) is 29.7. The van der Waals surface area contributed by atoms with Gasteiger partial charge in [0, 0.05) is 103 Å². The van der Waals surface area contributed by atoms with Gasteiger partial charge in [0.2, 0.25) is 52.8 Å². The van der Waals surface area contributed by atoms with Gasteiger partial charge in [-0.25, -0.2) is 19.2 Å².